The second-order valence-electron chi connectivity index (χ2n) is 8.48. The minimum Gasteiger partial charge on any atom is -0.373 e. The number of aromatic amines is 1. The Labute approximate surface area is 171 Å². The Morgan fingerprint density at radius 2 is 1.97 bits per heavy atom. The highest BCUT2D eigenvalue weighted by molar-refractivity contribution is 5.58. The summed E-state index contributed by atoms with van der Waals surface area (Å²) >= 11 is 0. The number of ether oxygens (including phenoxy) is 1. The largest absolute Gasteiger partial charge is 0.373 e. The van der Waals surface area contributed by atoms with Crippen LogP contribution in [0.3, 0.4) is 0 Å². The first-order chi connectivity index (χ1) is 14.4. The first-order valence-electron chi connectivity index (χ1n) is 10.3. The van der Waals surface area contributed by atoms with Crippen LogP contribution < -0.4 is 17.0 Å². The van der Waals surface area contributed by atoms with Gasteiger partial charge in [0.25, 0.3) is 5.56 Å². The summed E-state index contributed by atoms with van der Waals surface area (Å²) in [6.07, 6.45) is 2.51. The Balaban J connectivity index is 1.68. The lowest BCUT2D eigenvalue weighted by Crippen LogP contribution is -2.47. The number of hydrogen-bond acceptors (Lipinski definition) is 5. The van der Waals surface area contributed by atoms with Crippen LogP contribution in [0.25, 0.3) is 6.08 Å². The van der Waals surface area contributed by atoms with E-state index < -0.39 is 54.5 Å². The van der Waals surface area contributed by atoms with E-state index in [0.29, 0.717) is 25.2 Å². The maximum Gasteiger partial charge on any atom is 0.328 e. The van der Waals surface area contributed by atoms with Crippen LogP contribution >= 0.6 is 0 Å². The molecule has 166 valence electrons. The Morgan fingerprint density at radius 3 is 2.57 bits per heavy atom. The van der Waals surface area contributed by atoms with Crippen LogP contribution in [0, 0.1) is 11.8 Å². The number of halogens is 3. The highest BCUT2D eigenvalue weighted by Crippen LogP contribution is 2.43. The number of nitrogens with two attached hydrogens (primary N) is 1. The van der Waals surface area contributed by atoms with Crippen molar-refractivity contribution in [2.75, 3.05) is 33.5 Å². The average Bonchev–Trinajstić information content (AvgIpc) is 3.44. The Hall–Kier alpha value is -1.91. The fraction of sp³-hybridized carbons (Fsp3) is 0.700. The van der Waals surface area contributed by atoms with Crippen LogP contribution in [-0.4, -0.2) is 60.1 Å². The Morgan fingerprint density at radius 1 is 1.27 bits per heavy atom. The molecule has 0 aromatic carbocycles. The molecule has 0 amide bonds. The number of rotatable bonds is 7. The number of likely N-dealkylation sites (tertiary alicyclic amines) is 1. The summed E-state index contributed by atoms with van der Waals surface area (Å²) in [6.45, 7) is -0.843. The van der Waals surface area contributed by atoms with E-state index in [-0.39, 0.29) is 17.5 Å². The topological polar surface area (TPSA) is 93.3 Å². The predicted octanol–water partition coefficient (Wildman–Crippen LogP) is 1.46. The zero-order valence-corrected chi connectivity index (χ0v) is 16.8. The van der Waals surface area contributed by atoms with Crippen LogP contribution in [0.1, 0.15) is 42.7 Å². The van der Waals surface area contributed by atoms with Crippen molar-refractivity contribution >= 4 is 6.08 Å². The smallest absolute Gasteiger partial charge is 0.328 e. The molecule has 2 heterocycles. The zero-order valence-electron chi connectivity index (χ0n) is 16.8. The number of fused-ring (bicyclic) bond motifs is 1. The first-order valence-corrected chi connectivity index (χ1v) is 10.3. The summed E-state index contributed by atoms with van der Waals surface area (Å²) in [5.74, 6) is -1.60. The third kappa shape index (κ3) is 3.54. The summed E-state index contributed by atoms with van der Waals surface area (Å²) in [5.41, 5.74) is 5.42. The van der Waals surface area contributed by atoms with Gasteiger partial charge in [0.05, 0.1) is 30.6 Å². The minimum atomic E-state index is -0.876. The van der Waals surface area contributed by atoms with Crippen LogP contribution in [0.5, 0.6) is 0 Å². The number of aromatic nitrogens is 2. The van der Waals surface area contributed by atoms with Crippen LogP contribution in [-0.2, 0) is 4.74 Å². The quantitative estimate of drug-likeness (QED) is 0.686. The molecule has 7 nitrogen and oxygen atoms in total. The molecule has 4 unspecified atom stereocenters. The molecule has 3 N–H and O–H groups in total. The Bertz CT molecular complexity index is 938. The van der Waals surface area contributed by atoms with E-state index in [4.69, 9.17) is 10.5 Å². The van der Waals surface area contributed by atoms with Crippen molar-refractivity contribution in [3.05, 3.63) is 37.9 Å². The van der Waals surface area contributed by atoms with Gasteiger partial charge in [0, 0.05) is 31.7 Å². The number of nitrogens with one attached hydrogen (secondary N) is 1. The van der Waals surface area contributed by atoms with Crippen molar-refractivity contribution in [3.8, 4) is 0 Å². The van der Waals surface area contributed by atoms with Gasteiger partial charge < -0.3 is 10.5 Å². The van der Waals surface area contributed by atoms with E-state index in [0.717, 1.165) is 12.8 Å². The molecule has 1 aromatic rings. The predicted molar refractivity (Wildman–Crippen MR) is 105 cm³/mol. The van der Waals surface area contributed by atoms with Gasteiger partial charge in [-0.05, 0) is 37.8 Å². The van der Waals surface area contributed by atoms with Crippen molar-refractivity contribution < 1.29 is 17.9 Å². The van der Waals surface area contributed by atoms with E-state index in [2.05, 4.69) is 4.98 Å². The number of H-pyrrole nitrogens is 1. The molecule has 2 fully saturated rings. The second-order valence-corrected chi connectivity index (χ2v) is 8.48. The van der Waals surface area contributed by atoms with E-state index in [1.807, 2.05) is 4.90 Å². The molecule has 4 rings (SSSR count). The minimum absolute atomic E-state index is 0.0365. The van der Waals surface area contributed by atoms with Gasteiger partial charge in [-0.15, -0.1) is 0 Å². The third-order valence-corrected chi connectivity index (χ3v) is 6.64. The normalized spacial score (nSPS) is 27.9. The lowest BCUT2D eigenvalue weighted by atomic mass is 9.89. The third-order valence-electron chi connectivity index (χ3n) is 6.64. The fourth-order valence-electron chi connectivity index (χ4n) is 4.84. The second kappa shape index (κ2) is 8.32. The number of alkyl halides is 2. The maximum absolute atomic E-state index is 15.2. The van der Waals surface area contributed by atoms with Gasteiger partial charge in [0.15, 0.2) is 0 Å². The van der Waals surface area contributed by atoms with Crippen molar-refractivity contribution in [3.63, 3.8) is 0 Å². The van der Waals surface area contributed by atoms with Crippen LogP contribution in [0.4, 0.5) is 13.2 Å². The SMILES string of the molecule is COC1c2c(c(=O)[nH]c(=O)n2C2CC2)C=C(F)C1N1CCC(C(N)C(CF)CF)C1. The van der Waals surface area contributed by atoms with Gasteiger partial charge in [-0.2, -0.15) is 0 Å². The van der Waals surface area contributed by atoms with Gasteiger partial charge in [-0.25, -0.2) is 9.18 Å². The molecule has 3 aliphatic rings. The molecule has 1 saturated heterocycles. The monoisotopic (exact) mass is 428 g/mol. The molecule has 1 saturated carbocycles. The zero-order chi connectivity index (χ0) is 21.6. The maximum atomic E-state index is 15.2. The molecule has 2 aliphatic carbocycles. The summed E-state index contributed by atoms with van der Waals surface area (Å²) < 4.78 is 48.5. The fourth-order valence-corrected chi connectivity index (χ4v) is 4.84. The van der Waals surface area contributed by atoms with E-state index in [1.165, 1.54) is 17.8 Å². The van der Waals surface area contributed by atoms with Crippen molar-refractivity contribution in [2.24, 2.45) is 17.6 Å². The lowest BCUT2D eigenvalue weighted by molar-refractivity contribution is 0.0180. The number of nitrogens with zero attached hydrogens (tertiary/aromatic N) is 2. The highest BCUT2D eigenvalue weighted by Gasteiger charge is 2.45. The molecule has 4 atom stereocenters. The van der Waals surface area contributed by atoms with E-state index in [9.17, 15) is 18.4 Å². The highest BCUT2D eigenvalue weighted by atomic mass is 19.1. The molecule has 30 heavy (non-hydrogen) atoms. The van der Waals surface area contributed by atoms with E-state index in [1.54, 1.807) is 0 Å². The molecule has 1 aromatic heterocycles. The van der Waals surface area contributed by atoms with Gasteiger partial charge >= 0.3 is 5.69 Å². The number of methoxy groups -OCH3 is 1. The number of hydrogen-bond donors (Lipinski definition) is 2. The first kappa shape index (κ1) is 21.3. The lowest BCUT2D eigenvalue weighted by Gasteiger charge is -2.37. The van der Waals surface area contributed by atoms with Crippen molar-refractivity contribution in [1.29, 1.82) is 0 Å². The van der Waals surface area contributed by atoms with Crippen molar-refractivity contribution in [1.82, 2.24) is 14.5 Å². The molecule has 0 spiro atoms. The summed E-state index contributed by atoms with van der Waals surface area (Å²) in [5, 5.41) is 0. The molecule has 0 radical (unpaired) electrons. The van der Waals surface area contributed by atoms with Crippen molar-refractivity contribution in [2.45, 2.75) is 43.5 Å². The standard InChI is InChI=1S/C20H27F3N4O3/c1-30-18-16-13(19(28)25-20(29)27(16)12-2-3-12)6-14(23)17(18)26-5-4-10(9-26)15(24)11(7-21)8-22/h6,10-12,15,17-18H,2-5,7-9,24H2,1H3,(H,25,28,29). The van der Waals surface area contributed by atoms with E-state index >= 15 is 4.39 Å². The van der Waals surface area contributed by atoms with Crippen LogP contribution in [0.15, 0.2) is 15.4 Å². The molecule has 1 aliphatic heterocycles. The van der Waals surface area contributed by atoms with Gasteiger partial charge in [-0.3, -0.25) is 28.0 Å². The van der Waals surface area contributed by atoms with Gasteiger partial charge in [0.2, 0.25) is 0 Å². The Kier molecular flexibility index (Phi) is 5.91. The molecular weight excluding hydrogens is 401 g/mol. The van der Waals surface area contributed by atoms with Gasteiger partial charge in [-0.1, -0.05) is 0 Å². The van der Waals surface area contributed by atoms with Crippen LogP contribution in [0.2, 0.25) is 0 Å². The summed E-state index contributed by atoms with van der Waals surface area (Å²) in [6, 6.07) is -1.54. The summed E-state index contributed by atoms with van der Waals surface area (Å²) in [7, 11) is 1.42. The molecule has 10 heteroatoms. The molecular formula is C20H27F3N4O3. The average molecular weight is 428 g/mol. The summed E-state index contributed by atoms with van der Waals surface area (Å²) in [4.78, 5) is 28.9. The van der Waals surface area contributed by atoms with Gasteiger partial charge in [0.1, 0.15) is 11.9 Å². The molecule has 0 bridgehead atoms.